The van der Waals surface area contributed by atoms with Crippen molar-refractivity contribution in [1.82, 2.24) is 10.3 Å². The van der Waals surface area contributed by atoms with E-state index in [4.69, 9.17) is 28.3 Å². The van der Waals surface area contributed by atoms with E-state index in [9.17, 15) is 22.8 Å². The van der Waals surface area contributed by atoms with E-state index in [0.717, 1.165) is 6.07 Å². The van der Waals surface area contributed by atoms with Crippen molar-refractivity contribution in [2.24, 2.45) is 0 Å². The second kappa shape index (κ2) is 10.8. The number of carboxylic acid groups (broad SMARTS) is 1. The molecule has 0 aliphatic carbocycles. The Morgan fingerprint density at radius 2 is 1.77 bits per heavy atom. The summed E-state index contributed by atoms with van der Waals surface area (Å²) in [5, 5.41) is 14.1. The third-order valence-corrected chi connectivity index (χ3v) is 5.43. The summed E-state index contributed by atoms with van der Waals surface area (Å²) in [5.41, 5.74) is 1.36. The maximum atomic E-state index is 12.8. The molecule has 1 heterocycles. The molecule has 0 fully saturated rings. The van der Waals surface area contributed by atoms with Gasteiger partial charge in [0, 0.05) is 23.0 Å². The number of pyridine rings is 1. The van der Waals surface area contributed by atoms with Gasteiger partial charge in [-0.25, -0.2) is 4.79 Å². The van der Waals surface area contributed by atoms with Crippen molar-refractivity contribution in [1.29, 1.82) is 0 Å². The van der Waals surface area contributed by atoms with Gasteiger partial charge in [-0.15, -0.1) is 13.2 Å². The van der Waals surface area contributed by atoms with Crippen LogP contribution in [0, 0.1) is 0 Å². The Morgan fingerprint density at radius 3 is 2.34 bits per heavy atom. The standard InChI is InChI=1S/C23H18Cl2F3N3O4/c1-12(21(32)33)13-6-7-14(29-10-13)11-30-22(34)31-15-8-17(24)20(18(25)9-15)16-4-2-3-5-19(16)35-23(26,27)28/h2-10,12H,11H2,1H3,(H,32,33)(H2,30,31,34). The number of ether oxygens (including phenoxy) is 1. The topological polar surface area (TPSA) is 101 Å². The molecule has 12 heteroatoms. The molecule has 3 N–H and O–H groups in total. The number of nitrogens with zero attached hydrogens (tertiary/aromatic N) is 1. The molecule has 2 aromatic carbocycles. The van der Waals surface area contributed by atoms with Gasteiger partial charge in [-0.1, -0.05) is 47.5 Å². The molecular formula is C23H18Cl2F3N3O4. The van der Waals surface area contributed by atoms with E-state index in [-0.39, 0.29) is 33.4 Å². The summed E-state index contributed by atoms with van der Waals surface area (Å²) >= 11 is 12.6. The second-order valence-electron chi connectivity index (χ2n) is 7.31. The van der Waals surface area contributed by atoms with Gasteiger partial charge >= 0.3 is 18.4 Å². The summed E-state index contributed by atoms with van der Waals surface area (Å²) in [4.78, 5) is 27.4. The zero-order valence-electron chi connectivity index (χ0n) is 18.0. The first-order valence-corrected chi connectivity index (χ1v) is 10.8. The van der Waals surface area contributed by atoms with E-state index in [2.05, 4.69) is 20.4 Å². The van der Waals surface area contributed by atoms with Crippen LogP contribution < -0.4 is 15.4 Å². The molecule has 3 rings (SSSR count). The van der Waals surface area contributed by atoms with Crippen LogP contribution in [0.25, 0.3) is 11.1 Å². The third kappa shape index (κ3) is 7.00. The minimum atomic E-state index is -4.90. The van der Waals surface area contributed by atoms with Gasteiger partial charge in [-0.3, -0.25) is 9.78 Å². The van der Waals surface area contributed by atoms with Crippen molar-refractivity contribution in [3.05, 3.63) is 76.0 Å². The summed E-state index contributed by atoms with van der Waals surface area (Å²) in [6.07, 6.45) is -3.48. The predicted molar refractivity (Wildman–Crippen MR) is 125 cm³/mol. The average molecular weight is 528 g/mol. The maximum absolute atomic E-state index is 12.8. The van der Waals surface area contributed by atoms with Crippen molar-refractivity contribution in [3.8, 4) is 16.9 Å². The average Bonchev–Trinajstić information content (AvgIpc) is 2.77. The van der Waals surface area contributed by atoms with Crippen LogP contribution >= 0.6 is 23.2 Å². The lowest BCUT2D eigenvalue weighted by molar-refractivity contribution is -0.274. The Balaban J connectivity index is 1.70. The molecule has 0 aliphatic rings. The second-order valence-corrected chi connectivity index (χ2v) is 8.12. The normalized spacial score (nSPS) is 12.1. The summed E-state index contributed by atoms with van der Waals surface area (Å²) in [6.45, 7) is 1.59. The molecule has 0 bridgehead atoms. The highest BCUT2D eigenvalue weighted by molar-refractivity contribution is 6.40. The molecule has 7 nitrogen and oxygen atoms in total. The smallest absolute Gasteiger partial charge is 0.481 e. The Morgan fingerprint density at radius 1 is 1.11 bits per heavy atom. The highest BCUT2D eigenvalue weighted by Gasteiger charge is 2.32. The zero-order valence-corrected chi connectivity index (χ0v) is 19.5. The van der Waals surface area contributed by atoms with Gasteiger partial charge in [-0.2, -0.15) is 0 Å². The number of alkyl halides is 3. The first-order valence-electron chi connectivity index (χ1n) is 10.0. The number of halogens is 5. The number of carbonyl (C=O) groups is 2. The third-order valence-electron chi connectivity index (χ3n) is 4.83. The van der Waals surface area contributed by atoms with Crippen LogP contribution in [-0.4, -0.2) is 28.5 Å². The lowest BCUT2D eigenvalue weighted by Gasteiger charge is -2.16. The number of nitrogens with one attached hydrogen (secondary N) is 2. The van der Waals surface area contributed by atoms with Crippen LogP contribution in [0.1, 0.15) is 24.1 Å². The van der Waals surface area contributed by atoms with E-state index in [1.54, 1.807) is 12.1 Å². The van der Waals surface area contributed by atoms with Crippen LogP contribution in [0.15, 0.2) is 54.7 Å². The summed E-state index contributed by atoms with van der Waals surface area (Å²) in [7, 11) is 0. The first kappa shape index (κ1) is 26.1. The monoisotopic (exact) mass is 527 g/mol. The number of aromatic nitrogens is 1. The van der Waals surface area contributed by atoms with E-state index in [0.29, 0.717) is 11.3 Å². The molecule has 0 saturated heterocycles. The molecule has 2 amide bonds. The van der Waals surface area contributed by atoms with Crippen LogP contribution in [0.5, 0.6) is 5.75 Å². The SMILES string of the molecule is CC(C(=O)O)c1ccc(CNC(=O)Nc2cc(Cl)c(-c3ccccc3OC(F)(F)F)c(Cl)c2)nc1. The quantitative estimate of drug-likeness (QED) is 0.327. The number of rotatable bonds is 7. The van der Waals surface area contributed by atoms with Gasteiger partial charge in [0.05, 0.1) is 28.2 Å². The van der Waals surface area contributed by atoms with Gasteiger partial charge in [-0.05, 0) is 36.8 Å². The van der Waals surface area contributed by atoms with Gasteiger partial charge in [0.25, 0.3) is 0 Å². The number of urea groups is 1. The molecule has 35 heavy (non-hydrogen) atoms. The van der Waals surface area contributed by atoms with Crippen molar-refractivity contribution in [2.75, 3.05) is 5.32 Å². The summed E-state index contributed by atoms with van der Waals surface area (Å²) in [6, 6.07) is 10.7. The van der Waals surface area contributed by atoms with E-state index < -0.39 is 30.0 Å². The molecule has 0 aliphatic heterocycles. The Labute approximate surface area is 207 Å². The van der Waals surface area contributed by atoms with Crippen LogP contribution in [0.3, 0.4) is 0 Å². The number of hydrogen-bond acceptors (Lipinski definition) is 4. The number of para-hydroxylation sites is 1. The summed E-state index contributed by atoms with van der Waals surface area (Å²) in [5.74, 6) is -2.16. The molecular weight excluding hydrogens is 510 g/mol. The zero-order chi connectivity index (χ0) is 25.8. The van der Waals surface area contributed by atoms with Crippen LogP contribution in [0.4, 0.5) is 23.7 Å². The molecule has 1 atom stereocenters. The van der Waals surface area contributed by atoms with Crippen LogP contribution in [0.2, 0.25) is 10.0 Å². The van der Waals surface area contributed by atoms with Gasteiger partial charge in [0.1, 0.15) is 5.75 Å². The Hall–Kier alpha value is -3.50. The molecule has 1 unspecified atom stereocenters. The molecule has 0 saturated carbocycles. The number of amides is 2. The number of carbonyl (C=O) groups excluding carboxylic acids is 1. The largest absolute Gasteiger partial charge is 0.573 e. The minimum absolute atomic E-state index is 0.00386. The molecule has 184 valence electrons. The number of hydrogen-bond donors (Lipinski definition) is 3. The maximum Gasteiger partial charge on any atom is 0.573 e. The molecule has 3 aromatic rings. The minimum Gasteiger partial charge on any atom is -0.481 e. The highest BCUT2D eigenvalue weighted by atomic mass is 35.5. The van der Waals surface area contributed by atoms with E-state index >= 15 is 0 Å². The number of carboxylic acids is 1. The predicted octanol–water partition coefficient (Wildman–Crippen LogP) is 6.46. The van der Waals surface area contributed by atoms with E-state index in [1.807, 2.05) is 0 Å². The molecule has 0 spiro atoms. The van der Waals surface area contributed by atoms with Crippen LogP contribution in [-0.2, 0) is 11.3 Å². The van der Waals surface area contributed by atoms with Crippen molar-refractivity contribution >= 4 is 40.9 Å². The van der Waals surface area contributed by atoms with Gasteiger partial charge in [0.2, 0.25) is 0 Å². The Kier molecular flexibility index (Phi) is 8.08. The fourth-order valence-corrected chi connectivity index (χ4v) is 3.77. The summed E-state index contributed by atoms with van der Waals surface area (Å²) < 4.78 is 42.3. The highest BCUT2D eigenvalue weighted by Crippen LogP contribution is 2.42. The molecule has 1 aromatic heterocycles. The van der Waals surface area contributed by atoms with Gasteiger partial charge < -0.3 is 20.5 Å². The first-order chi connectivity index (χ1) is 16.4. The van der Waals surface area contributed by atoms with Crippen molar-refractivity contribution < 1.29 is 32.6 Å². The number of aliphatic carboxylic acids is 1. The lowest BCUT2D eigenvalue weighted by Crippen LogP contribution is -2.28. The number of benzene rings is 2. The number of anilines is 1. The lowest BCUT2D eigenvalue weighted by atomic mass is 10.0. The molecule has 0 radical (unpaired) electrons. The fraction of sp³-hybridized carbons (Fsp3) is 0.174. The van der Waals surface area contributed by atoms with E-state index in [1.165, 1.54) is 43.5 Å². The van der Waals surface area contributed by atoms with Gasteiger partial charge in [0.15, 0.2) is 0 Å². The van der Waals surface area contributed by atoms with Crippen molar-refractivity contribution in [2.45, 2.75) is 25.7 Å². The van der Waals surface area contributed by atoms with Crippen molar-refractivity contribution in [3.63, 3.8) is 0 Å². The Bertz CT molecular complexity index is 1210. The fourth-order valence-electron chi connectivity index (χ4n) is 3.07.